The van der Waals surface area contributed by atoms with Crippen LogP contribution in [0.15, 0.2) is 18.2 Å². The smallest absolute Gasteiger partial charge is 0.227 e. The molecule has 1 aromatic rings. The van der Waals surface area contributed by atoms with E-state index >= 15 is 0 Å². The van der Waals surface area contributed by atoms with Gasteiger partial charge in [-0.05, 0) is 50.7 Å². The van der Waals surface area contributed by atoms with Crippen molar-refractivity contribution in [2.45, 2.75) is 46.1 Å². The predicted octanol–water partition coefficient (Wildman–Crippen LogP) is 2.16. The first-order valence-corrected chi connectivity index (χ1v) is 7.47. The van der Waals surface area contributed by atoms with Crippen molar-refractivity contribution in [2.24, 2.45) is 17.1 Å². The molecule has 1 aliphatic carbocycles. The largest absolute Gasteiger partial charge is 0.350 e. The fourth-order valence-corrected chi connectivity index (χ4v) is 2.89. The zero-order chi connectivity index (χ0) is 14.6. The molecule has 0 bridgehead atoms. The van der Waals surface area contributed by atoms with Crippen LogP contribution in [0, 0.1) is 18.3 Å². The summed E-state index contributed by atoms with van der Waals surface area (Å²) in [6.45, 7) is 5.12. The van der Waals surface area contributed by atoms with Gasteiger partial charge in [-0.3, -0.25) is 9.78 Å². The van der Waals surface area contributed by atoms with Gasteiger partial charge in [-0.2, -0.15) is 0 Å². The Hall–Kier alpha value is -1.42. The first kappa shape index (κ1) is 15.0. The molecule has 0 spiro atoms. The molecule has 1 aromatic heterocycles. The van der Waals surface area contributed by atoms with Gasteiger partial charge in [0, 0.05) is 12.2 Å². The van der Waals surface area contributed by atoms with Gasteiger partial charge in [-0.1, -0.05) is 13.0 Å². The summed E-state index contributed by atoms with van der Waals surface area (Å²) in [4.78, 5) is 16.9. The summed E-state index contributed by atoms with van der Waals surface area (Å²) in [6, 6.07) is 5.85. The number of hydrogen-bond donors (Lipinski definition) is 2. The van der Waals surface area contributed by atoms with Crippen LogP contribution in [-0.4, -0.2) is 17.4 Å². The van der Waals surface area contributed by atoms with Crippen molar-refractivity contribution in [3.05, 3.63) is 29.6 Å². The van der Waals surface area contributed by atoms with E-state index in [-0.39, 0.29) is 11.3 Å². The summed E-state index contributed by atoms with van der Waals surface area (Å²) in [5, 5.41) is 3.02. The SMILES string of the molecule is Cc1cccc(CNC(=O)C2(CN)CCC(C)CC2)n1. The molecule has 1 amide bonds. The van der Waals surface area contributed by atoms with Gasteiger partial charge in [0.05, 0.1) is 17.7 Å². The molecular formula is C16H25N3O. The third-order valence-electron chi connectivity index (χ3n) is 4.48. The lowest BCUT2D eigenvalue weighted by Crippen LogP contribution is -2.47. The lowest BCUT2D eigenvalue weighted by molar-refractivity contribution is -0.133. The highest BCUT2D eigenvalue weighted by molar-refractivity contribution is 5.83. The predicted molar refractivity (Wildman–Crippen MR) is 79.9 cm³/mol. The third-order valence-corrected chi connectivity index (χ3v) is 4.48. The van der Waals surface area contributed by atoms with E-state index in [9.17, 15) is 4.79 Å². The van der Waals surface area contributed by atoms with Gasteiger partial charge in [0.2, 0.25) is 5.91 Å². The molecule has 20 heavy (non-hydrogen) atoms. The highest BCUT2D eigenvalue weighted by atomic mass is 16.2. The average Bonchev–Trinajstić information content (AvgIpc) is 2.46. The number of aryl methyl sites for hydroxylation is 1. The monoisotopic (exact) mass is 275 g/mol. The topological polar surface area (TPSA) is 68.0 Å². The standard InChI is InChI=1S/C16H25N3O/c1-12-6-8-16(11-17,9-7-12)15(20)18-10-14-5-3-4-13(2)19-14/h3-5,12H,6-11,17H2,1-2H3,(H,18,20). The van der Waals surface area contributed by atoms with Gasteiger partial charge in [-0.15, -0.1) is 0 Å². The molecule has 0 aromatic carbocycles. The molecule has 2 rings (SSSR count). The number of pyridine rings is 1. The van der Waals surface area contributed by atoms with Gasteiger partial charge in [0.1, 0.15) is 0 Å². The molecular weight excluding hydrogens is 250 g/mol. The molecule has 0 aliphatic heterocycles. The van der Waals surface area contributed by atoms with Crippen molar-refractivity contribution in [3.63, 3.8) is 0 Å². The number of carbonyl (C=O) groups excluding carboxylic acids is 1. The van der Waals surface area contributed by atoms with Gasteiger partial charge in [0.25, 0.3) is 0 Å². The number of nitrogens with zero attached hydrogens (tertiary/aromatic N) is 1. The number of amides is 1. The van der Waals surface area contributed by atoms with Crippen LogP contribution in [0.1, 0.15) is 44.0 Å². The normalized spacial score (nSPS) is 26.2. The van der Waals surface area contributed by atoms with Crippen molar-refractivity contribution in [1.29, 1.82) is 0 Å². The Kier molecular flexibility index (Phi) is 4.76. The van der Waals surface area contributed by atoms with Crippen LogP contribution < -0.4 is 11.1 Å². The van der Waals surface area contributed by atoms with Crippen LogP contribution in [0.3, 0.4) is 0 Å². The molecule has 0 atom stereocenters. The lowest BCUT2D eigenvalue weighted by Gasteiger charge is -2.37. The summed E-state index contributed by atoms with van der Waals surface area (Å²) in [6.07, 6.45) is 3.98. The van der Waals surface area contributed by atoms with Gasteiger partial charge >= 0.3 is 0 Å². The van der Waals surface area contributed by atoms with Crippen LogP contribution in [0.25, 0.3) is 0 Å². The minimum absolute atomic E-state index is 0.0928. The van der Waals surface area contributed by atoms with Crippen LogP contribution >= 0.6 is 0 Å². The Bertz CT molecular complexity index is 465. The lowest BCUT2D eigenvalue weighted by atomic mass is 9.70. The number of nitrogens with one attached hydrogen (secondary N) is 1. The van der Waals surface area contributed by atoms with Crippen molar-refractivity contribution in [1.82, 2.24) is 10.3 Å². The van der Waals surface area contributed by atoms with Crippen molar-refractivity contribution >= 4 is 5.91 Å². The van der Waals surface area contributed by atoms with E-state index in [0.29, 0.717) is 19.0 Å². The van der Waals surface area contributed by atoms with Crippen molar-refractivity contribution in [3.8, 4) is 0 Å². The quantitative estimate of drug-likeness (QED) is 0.885. The second kappa shape index (κ2) is 6.35. The zero-order valence-electron chi connectivity index (χ0n) is 12.5. The summed E-state index contributed by atoms with van der Waals surface area (Å²) < 4.78 is 0. The van der Waals surface area contributed by atoms with Crippen molar-refractivity contribution in [2.75, 3.05) is 6.54 Å². The summed E-state index contributed by atoms with van der Waals surface area (Å²) in [5.74, 6) is 0.802. The molecule has 1 heterocycles. The van der Waals surface area contributed by atoms with Gasteiger partial charge in [0.15, 0.2) is 0 Å². The number of hydrogen-bond acceptors (Lipinski definition) is 3. The molecule has 0 radical (unpaired) electrons. The Labute approximate surface area is 121 Å². The third kappa shape index (κ3) is 3.37. The van der Waals surface area contributed by atoms with E-state index in [1.54, 1.807) is 0 Å². The Morgan fingerprint density at radius 1 is 1.45 bits per heavy atom. The van der Waals surface area contributed by atoms with E-state index in [0.717, 1.165) is 37.1 Å². The number of rotatable bonds is 4. The Balaban J connectivity index is 1.96. The van der Waals surface area contributed by atoms with Crippen LogP contribution in [-0.2, 0) is 11.3 Å². The molecule has 1 fully saturated rings. The van der Waals surface area contributed by atoms with E-state index in [1.165, 1.54) is 0 Å². The van der Waals surface area contributed by atoms with Crippen LogP contribution in [0.4, 0.5) is 0 Å². The van der Waals surface area contributed by atoms with E-state index in [1.807, 2.05) is 25.1 Å². The van der Waals surface area contributed by atoms with E-state index in [2.05, 4.69) is 17.2 Å². The summed E-state index contributed by atoms with van der Waals surface area (Å²) in [7, 11) is 0. The highest BCUT2D eigenvalue weighted by Gasteiger charge is 2.39. The van der Waals surface area contributed by atoms with E-state index < -0.39 is 0 Å². The number of carbonyl (C=O) groups is 1. The maximum atomic E-state index is 12.5. The van der Waals surface area contributed by atoms with Crippen LogP contribution in [0.2, 0.25) is 0 Å². The molecule has 3 N–H and O–H groups in total. The maximum absolute atomic E-state index is 12.5. The fourth-order valence-electron chi connectivity index (χ4n) is 2.89. The molecule has 1 saturated carbocycles. The minimum atomic E-state index is -0.365. The van der Waals surface area contributed by atoms with Crippen LogP contribution in [0.5, 0.6) is 0 Å². The first-order valence-electron chi connectivity index (χ1n) is 7.47. The Morgan fingerprint density at radius 2 is 2.15 bits per heavy atom. The molecule has 110 valence electrons. The average molecular weight is 275 g/mol. The zero-order valence-corrected chi connectivity index (χ0v) is 12.5. The second-order valence-corrected chi connectivity index (χ2v) is 6.12. The van der Waals surface area contributed by atoms with Gasteiger partial charge in [-0.25, -0.2) is 0 Å². The Morgan fingerprint density at radius 3 is 2.75 bits per heavy atom. The highest BCUT2D eigenvalue weighted by Crippen LogP contribution is 2.38. The van der Waals surface area contributed by atoms with E-state index in [4.69, 9.17) is 5.73 Å². The van der Waals surface area contributed by atoms with Crippen molar-refractivity contribution < 1.29 is 4.79 Å². The molecule has 0 saturated heterocycles. The number of nitrogens with two attached hydrogens (primary N) is 1. The molecule has 1 aliphatic rings. The summed E-state index contributed by atoms with van der Waals surface area (Å²) >= 11 is 0. The molecule has 4 heteroatoms. The van der Waals surface area contributed by atoms with Gasteiger partial charge < -0.3 is 11.1 Å². The second-order valence-electron chi connectivity index (χ2n) is 6.12. The molecule has 4 nitrogen and oxygen atoms in total. The molecule has 0 unspecified atom stereocenters. The first-order chi connectivity index (χ1) is 9.55. The minimum Gasteiger partial charge on any atom is -0.350 e. The maximum Gasteiger partial charge on any atom is 0.227 e. The number of aromatic nitrogens is 1. The fraction of sp³-hybridized carbons (Fsp3) is 0.625. The summed E-state index contributed by atoms with van der Waals surface area (Å²) in [5.41, 5.74) is 7.40.